The molecule has 0 bridgehead atoms. The monoisotopic (exact) mass is 398 g/mol. The Morgan fingerprint density at radius 3 is 1.97 bits per heavy atom. The van der Waals surface area contributed by atoms with E-state index in [-0.39, 0.29) is 0 Å². The fourth-order valence-electron chi connectivity index (χ4n) is 4.13. The molecule has 6 rings (SSSR count). The lowest BCUT2D eigenvalue weighted by atomic mass is 10.1. The van der Waals surface area contributed by atoms with Gasteiger partial charge in [0.2, 0.25) is 0 Å². The third kappa shape index (κ3) is 2.97. The van der Waals surface area contributed by atoms with E-state index in [1.807, 2.05) is 36.4 Å². The van der Waals surface area contributed by atoms with Crippen LogP contribution in [0.25, 0.3) is 50.3 Å². The van der Waals surface area contributed by atoms with Crippen molar-refractivity contribution in [3.05, 3.63) is 109 Å². The average molecular weight is 398 g/mol. The maximum Gasteiger partial charge on any atom is 0.163 e. The molecule has 0 aliphatic carbocycles. The molecule has 146 valence electrons. The van der Waals surface area contributed by atoms with Crippen LogP contribution in [-0.2, 0) is 0 Å². The molecule has 0 atom stereocenters. The Bertz CT molecular complexity index is 1520. The lowest BCUT2D eigenvalue weighted by Gasteiger charge is -2.08. The average Bonchev–Trinajstić information content (AvgIpc) is 3.19. The molecular formula is C27H18N4. The highest BCUT2D eigenvalue weighted by molar-refractivity contribution is 6.10. The van der Waals surface area contributed by atoms with Crippen LogP contribution in [0, 0.1) is 0 Å². The Labute approximate surface area is 179 Å². The Morgan fingerprint density at radius 2 is 1.16 bits per heavy atom. The van der Waals surface area contributed by atoms with Gasteiger partial charge in [0.25, 0.3) is 0 Å². The van der Waals surface area contributed by atoms with Crippen molar-refractivity contribution in [2.75, 3.05) is 0 Å². The van der Waals surface area contributed by atoms with Gasteiger partial charge >= 0.3 is 0 Å². The molecule has 6 aromatic rings. The summed E-state index contributed by atoms with van der Waals surface area (Å²) in [6.45, 7) is 0. The van der Waals surface area contributed by atoms with E-state index in [9.17, 15) is 0 Å². The van der Waals surface area contributed by atoms with Crippen molar-refractivity contribution in [1.29, 1.82) is 0 Å². The molecule has 2 heterocycles. The van der Waals surface area contributed by atoms with Gasteiger partial charge in [0.15, 0.2) is 11.6 Å². The molecule has 0 spiro atoms. The summed E-state index contributed by atoms with van der Waals surface area (Å²) < 4.78 is 2.30. The predicted molar refractivity (Wildman–Crippen MR) is 125 cm³/mol. The molecule has 0 N–H and O–H groups in total. The molecule has 4 heteroatoms. The lowest BCUT2D eigenvalue weighted by Crippen LogP contribution is -1.96. The van der Waals surface area contributed by atoms with Gasteiger partial charge < -0.3 is 4.57 Å². The van der Waals surface area contributed by atoms with Gasteiger partial charge in [-0.2, -0.15) is 0 Å². The highest BCUT2D eigenvalue weighted by Gasteiger charge is 2.14. The van der Waals surface area contributed by atoms with Crippen molar-refractivity contribution >= 4 is 21.8 Å². The van der Waals surface area contributed by atoms with E-state index in [2.05, 4.69) is 81.3 Å². The standard InChI is InChI=1S/C27H18N4/c1-3-9-19(10-4-1)26-28-18-29-27(30-26)20-15-16-23-22-13-7-8-14-24(22)31(25(23)17-20)21-11-5-2-6-12-21/h1-18H. The van der Waals surface area contributed by atoms with Gasteiger partial charge in [-0.25, -0.2) is 15.0 Å². The van der Waals surface area contributed by atoms with Gasteiger partial charge in [0, 0.05) is 27.6 Å². The Kier molecular flexibility index (Phi) is 4.06. The molecular weight excluding hydrogens is 380 g/mol. The van der Waals surface area contributed by atoms with Crippen molar-refractivity contribution in [3.8, 4) is 28.5 Å². The zero-order chi connectivity index (χ0) is 20.6. The molecule has 2 aromatic heterocycles. The summed E-state index contributed by atoms with van der Waals surface area (Å²) in [5, 5.41) is 2.44. The van der Waals surface area contributed by atoms with Crippen LogP contribution in [-0.4, -0.2) is 19.5 Å². The van der Waals surface area contributed by atoms with E-state index in [1.165, 1.54) is 16.3 Å². The molecule has 4 aromatic carbocycles. The highest BCUT2D eigenvalue weighted by Crippen LogP contribution is 2.34. The summed E-state index contributed by atoms with van der Waals surface area (Å²) in [5.74, 6) is 1.34. The number of hydrogen-bond acceptors (Lipinski definition) is 3. The predicted octanol–water partition coefficient (Wildman–Crippen LogP) is 6.30. The third-order valence-electron chi connectivity index (χ3n) is 5.55. The number of fused-ring (bicyclic) bond motifs is 3. The molecule has 0 fully saturated rings. The van der Waals surface area contributed by atoms with Gasteiger partial charge in [-0.15, -0.1) is 0 Å². The van der Waals surface area contributed by atoms with E-state index in [0.29, 0.717) is 11.6 Å². The molecule has 0 saturated carbocycles. The first kappa shape index (κ1) is 17.5. The largest absolute Gasteiger partial charge is 0.309 e. The van der Waals surface area contributed by atoms with Crippen molar-refractivity contribution in [2.24, 2.45) is 0 Å². The van der Waals surface area contributed by atoms with E-state index in [4.69, 9.17) is 4.98 Å². The zero-order valence-corrected chi connectivity index (χ0v) is 16.7. The number of hydrogen-bond donors (Lipinski definition) is 0. The first-order valence-electron chi connectivity index (χ1n) is 10.2. The summed E-state index contributed by atoms with van der Waals surface area (Å²) >= 11 is 0. The summed E-state index contributed by atoms with van der Waals surface area (Å²) in [4.78, 5) is 13.6. The topological polar surface area (TPSA) is 43.6 Å². The molecule has 4 nitrogen and oxygen atoms in total. The molecule has 0 unspecified atom stereocenters. The van der Waals surface area contributed by atoms with Crippen LogP contribution in [0.3, 0.4) is 0 Å². The molecule has 0 amide bonds. The van der Waals surface area contributed by atoms with Crippen LogP contribution in [0.4, 0.5) is 0 Å². The Balaban J connectivity index is 1.58. The van der Waals surface area contributed by atoms with Crippen molar-refractivity contribution in [1.82, 2.24) is 19.5 Å². The fraction of sp³-hybridized carbons (Fsp3) is 0. The molecule has 31 heavy (non-hydrogen) atoms. The van der Waals surface area contributed by atoms with Crippen molar-refractivity contribution in [3.63, 3.8) is 0 Å². The summed E-state index contributed by atoms with van der Waals surface area (Å²) in [7, 11) is 0. The number of aromatic nitrogens is 4. The third-order valence-corrected chi connectivity index (χ3v) is 5.55. The fourth-order valence-corrected chi connectivity index (χ4v) is 4.13. The second-order valence-electron chi connectivity index (χ2n) is 7.42. The summed E-state index contributed by atoms with van der Waals surface area (Å²) in [5.41, 5.74) is 5.39. The van der Waals surface area contributed by atoms with Crippen LogP contribution in [0.15, 0.2) is 109 Å². The molecule has 0 saturated heterocycles. The summed E-state index contributed by atoms with van der Waals surface area (Å²) in [6, 6.07) is 35.4. The number of nitrogens with zero attached hydrogens (tertiary/aromatic N) is 4. The minimum atomic E-state index is 0.667. The van der Waals surface area contributed by atoms with Gasteiger partial charge in [-0.1, -0.05) is 78.9 Å². The Morgan fingerprint density at radius 1 is 0.516 bits per heavy atom. The minimum absolute atomic E-state index is 0.667. The SMILES string of the molecule is c1ccc(-c2ncnc(-c3ccc4c5ccccc5n(-c5ccccc5)c4c3)n2)cc1. The molecule has 0 radical (unpaired) electrons. The van der Waals surface area contributed by atoms with E-state index in [1.54, 1.807) is 6.33 Å². The van der Waals surface area contributed by atoms with Gasteiger partial charge in [-0.3, -0.25) is 0 Å². The second-order valence-corrected chi connectivity index (χ2v) is 7.42. The van der Waals surface area contributed by atoms with E-state index < -0.39 is 0 Å². The maximum absolute atomic E-state index is 4.74. The van der Waals surface area contributed by atoms with Crippen LogP contribution in [0.5, 0.6) is 0 Å². The number of rotatable bonds is 3. The van der Waals surface area contributed by atoms with Crippen molar-refractivity contribution in [2.45, 2.75) is 0 Å². The van der Waals surface area contributed by atoms with E-state index >= 15 is 0 Å². The quantitative estimate of drug-likeness (QED) is 0.351. The first-order chi connectivity index (χ1) is 15.4. The maximum atomic E-state index is 4.74. The molecule has 0 aliphatic heterocycles. The number of benzene rings is 4. The Hall–Kier alpha value is -4.31. The second kappa shape index (κ2) is 7.18. The van der Waals surface area contributed by atoms with Gasteiger partial charge in [-0.05, 0) is 24.3 Å². The smallest absolute Gasteiger partial charge is 0.163 e. The van der Waals surface area contributed by atoms with Crippen LogP contribution < -0.4 is 0 Å². The molecule has 0 aliphatic rings. The number of para-hydroxylation sites is 2. The zero-order valence-electron chi connectivity index (χ0n) is 16.7. The lowest BCUT2D eigenvalue weighted by molar-refractivity contribution is 1.06. The normalized spacial score (nSPS) is 11.2. The summed E-state index contributed by atoms with van der Waals surface area (Å²) in [6.07, 6.45) is 1.58. The van der Waals surface area contributed by atoms with Crippen molar-refractivity contribution < 1.29 is 0 Å². The first-order valence-corrected chi connectivity index (χ1v) is 10.2. The van der Waals surface area contributed by atoms with E-state index in [0.717, 1.165) is 22.3 Å². The van der Waals surface area contributed by atoms with Gasteiger partial charge in [0.1, 0.15) is 6.33 Å². The highest BCUT2D eigenvalue weighted by atomic mass is 15.0. The minimum Gasteiger partial charge on any atom is -0.309 e. The van der Waals surface area contributed by atoms with Crippen LogP contribution in [0.2, 0.25) is 0 Å². The van der Waals surface area contributed by atoms with Crippen LogP contribution >= 0.6 is 0 Å². The van der Waals surface area contributed by atoms with Gasteiger partial charge in [0.05, 0.1) is 11.0 Å². The van der Waals surface area contributed by atoms with Crippen LogP contribution in [0.1, 0.15) is 0 Å².